The number of aromatic nitrogens is 1. The number of pyridine rings is 1. The van der Waals surface area contributed by atoms with Crippen molar-refractivity contribution in [1.29, 1.82) is 0 Å². The number of rotatable bonds is 5. The summed E-state index contributed by atoms with van der Waals surface area (Å²) in [5.74, 6) is -0.560. The first-order valence-electron chi connectivity index (χ1n) is 6.94. The van der Waals surface area contributed by atoms with Crippen LogP contribution >= 0.6 is 11.6 Å². The van der Waals surface area contributed by atoms with Crippen LogP contribution in [0, 0.1) is 12.5 Å². The minimum Gasteiger partial charge on any atom is -0.545 e. The maximum absolute atomic E-state index is 11.0. The van der Waals surface area contributed by atoms with Gasteiger partial charge in [0.1, 0.15) is 5.75 Å². The van der Waals surface area contributed by atoms with Crippen LogP contribution in [0.1, 0.15) is 24.2 Å². The molecule has 1 heterocycles. The molecule has 24 heavy (non-hydrogen) atoms. The van der Waals surface area contributed by atoms with Crippen LogP contribution < -0.4 is 39.4 Å². The summed E-state index contributed by atoms with van der Waals surface area (Å²) in [5, 5.41) is 11.0. The van der Waals surface area contributed by atoms with Crippen molar-refractivity contribution in [2.45, 2.75) is 13.8 Å². The van der Waals surface area contributed by atoms with Gasteiger partial charge in [-0.2, -0.15) is 0 Å². The summed E-state index contributed by atoms with van der Waals surface area (Å²) in [4.78, 5) is 18.6. The van der Waals surface area contributed by atoms with Gasteiger partial charge in [-0.3, -0.25) is 4.98 Å². The summed E-state index contributed by atoms with van der Waals surface area (Å²) in [6.07, 6.45) is 1.34. The van der Waals surface area contributed by atoms with Crippen molar-refractivity contribution in [3.63, 3.8) is 0 Å². The molecule has 0 aliphatic rings. The molecule has 0 spiro atoms. The van der Waals surface area contributed by atoms with E-state index in [0.717, 1.165) is 0 Å². The Bertz CT molecular complexity index is 788. The van der Waals surface area contributed by atoms with E-state index in [-0.39, 0.29) is 45.8 Å². The zero-order valence-electron chi connectivity index (χ0n) is 13.7. The molecule has 118 valence electrons. The van der Waals surface area contributed by atoms with Crippen molar-refractivity contribution in [2.75, 3.05) is 6.61 Å². The summed E-state index contributed by atoms with van der Waals surface area (Å²) in [6.45, 7) is 11.8. The maximum Gasteiger partial charge on any atom is 1.00 e. The van der Waals surface area contributed by atoms with Crippen LogP contribution in [0.5, 0.6) is 5.75 Å². The molecule has 0 saturated heterocycles. The molecule has 0 aliphatic heterocycles. The van der Waals surface area contributed by atoms with Crippen LogP contribution in [-0.2, 0) is 0 Å². The van der Waals surface area contributed by atoms with Gasteiger partial charge in [-0.15, -0.1) is 0 Å². The first-order chi connectivity index (χ1) is 10.9. The predicted octanol–water partition coefficient (Wildman–Crippen LogP) is 0.355. The molecular weight excluding hydrogens is 339 g/mol. The van der Waals surface area contributed by atoms with Gasteiger partial charge in [0.15, 0.2) is 0 Å². The third kappa shape index (κ3) is 4.71. The van der Waals surface area contributed by atoms with Crippen LogP contribution in [0.3, 0.4) is 0 Å². The Labute approximate surface area is 167 Å². The normalized spacial score (nSPS) is 9.96. The van der Waals surface area contributed by atoms with E-state index in [9.17, 15) is 9.90 Å². The number of carboxylic acid groups (broad SMARTS) is 1. The minimum absolute atomic E-state index is 0. The molecule has 0 N–H and O–H groups in total. The zero-order valence-corrected chi connectivity index (χ0v) is 16.4. The van der Waals surface area contributed by atoms with E-state index in [1.54, 1.807) is 18.2 Å². The molecule has 5 nitrogen and oxygen atoms in total. The molecule has 0 saturated carbocycles. The molecule has 2 rings (SSSR count). The monoisotopic (exact) mass is 352 g/mol. The Morgan fingerprint density at radius 1 is 1.42 bits per heavy atom. The molecule has 1 aromatic heterocycles. The molecule has 0 aliphatic carbocycles. The van der Waals surface area contributed by atoms with Gasteiger partial charge in [0.2, 0.25) is 5.69 Å². The van der Waals surface area contributed by atoms with E-state index in [4.69, 9.17) is 22.9 Å². The smallest absolute Gasteiger partial charge is 0.545 e. The molecule has 0 bridgehead atoms. The molecule has 0 amide bonds. The van der Waals surface area contributed by atoms with Gasteiger partial charge in [0.25, 0.3) is 0 Å². The number of benzene rings is 1. The number of nitrogens with zero attached hydrogens (tertiary/aromatic N) is 2. The Kier molecular flexibility index (Phi) is 7.71. The number of ether oxygens (including phenoxy) is 1. The van der Waals surface area contributed by atoms with Crippen LogP contribution in [-0.4, -0.2) is 17.6 Å². The van der Waals surface area contributed by atoms with E-state index in [0.29, 0.717) is 29.5 Å². The fourth-order valence-corrected chi connectivity index (χ4v) is 2.23. The molecule has 0 fully saturated rings. The second kappa shape index (κ2) is 9.05. The maximum atomic E-state index is 11.0. The van der Waals surface area contributed by atoms with Crippen LogP contribution in [0.4, 0.5) is 5.69 Å². The van der Waals surface area contributed by atoms with E-state index in [2.05, 4.69) is 9.83 Å². The average molecular weight is 353 g/mol. The van der Waals surface area contributed by atoms with E-state index in [1.165, 1.54) is 12.3 Å². The van der Waals surface area contributed by atoms with Crippen molar-refractivity contribution in [3.05, 3.63) is 52.5 Å². The fourth-order valence-electron chi connectivity index (χ4n) is 1.93. The van der Waals surface area contributed by atoms with Gasteiger partial charge in [-0.05, 0) is 29.7 Å². The van der Waals surface area contributed by atoms with E-state index in [1.807, 2.05) is 13.8 Å². The number of hydrogen-bond donors (Lipinski definition) is 0. The molecular formula is C17H14ClN2NaO3. The van der Waals surface area contributed by atoms with Crippen LogP contribution in [0.2, 0.25) is 5.02 Å². The van der Waals surface area contributed by atoms with Gasteiger partial charge in [-0.25, -0.2) is 4.85 Å². The van der Waals surface area contributed by atoms with Crippen molar-refractivity contribution in [1.82, 2.24) is 4.98 Å². The molecule has 0 radical (unpaired) electrons. The molecule has 1 aromatic carbocycles. The van der Waals surface area contributed by atoms with Crippen LogP contribution in [0.15, 0.2) is 30.5 Å². The topological polar surface area (TPSA) is 66.6 Å². The van der Waals surface area contributed by atoms with E-state index < -0.39 is 5.97 Å². The van der Waals surface area contributed by atoms with Crippen molar-refractivity contribution in [2.24, 2.45) is 5.92 Å². The summed E-state index contributed by atoms with van der Waals surface area (Å²) in [5.41, 5.74) is 1.01. The van der Waals surface area contributed by atoms with Gasteiger partial charge < -0.3 is 14.6 Å². The summed E-state index contributed by atoms with van der Waals surface area (Å²) < 4.78 is 5.60. The Morgan fingerprint density at radius 3 is 2.71 bits per heavy atom. The average Bonchev–Trinajstić information content (AvgIpc) is 2.52. The molecule has 7 heteroatoms. The number of carbonyl (C=O) groups excluding carboxylic acids is 1. The Balaban J connectivity index is 0.00000288. The number of halogens is 1. The fraction of sp³-hybridized carbons (Fsp3) is 0.235. The number of aromatic carboxylic acids is 1. The van der Waals surface area contributed by atoms with Gasteiger partial charge in [0.05, 0.1) is 29.9 Å². The quantitative estimate of drug-likeness (QED) is 0.575. The minimum atomic E-state index is -1.37. The number of carboxylic acids is 1. The molecule has 0 atom stereocenters. The third-order valence-electron chi connectivity index (χ3n) is 3.03. The third-order valence-corrected chi connectivity index (χ3v) is 3.42. The summed E-state index contributed by atoms with van der Waals surface area (Å²) >= 11 is 6.08. The van der Waals surface area contributed by atoms with Gasteiger partial charge in [0, 0.05) is 11.8 Å². The number of carbonyl (C=O) groups is 1. The summed E-state index contributed by atoms with van der Waals surface area (Å²) in [7, 11) is 0. The zero-order chi connectivity index (χ0) is 17.0. The standard InChI is InChI=1S/C17H15ClN2O3.Na/c1-10(2)9-23-14-5-4-11(8-13(14)19-3)16-15(18)12(17(21)22)6-7-20-16;/h4-8,10H,9H2,1-2H3,(H,21,22);/q;+1/p-1. The second-order valence-corrected chi connectivity index (χ2v) is 5.69. The first-order valence-corrected chi connectivity index (χ1v) is 7.32. The molecule has 0 unspecified atom stereocenters. The second-order valence-electron chi connectivity index (χ2n) is 5.31. The van der Waals surface area contributed by atoms with E-state index >= 15 is 0 Å². The van der Waals surface area contributed by atoms with Gasteiger partial charge in [-0.1, -0.05) is 31.5 Å². The van der Waals surface area contributed by atoms with Gasteiger partial charge >= 0.3 is 29.6 Å². The Hall–Kier alpha value is -1.58. The number of hydrogen-bond acceptors (Lipinski definition) is 4. The first kappa shape index (κ1) is 20.5. The largest absolute Gasteiger partial charge is 1.00 e. The van der Waals surface area contributed by atoms with Crippen molar-refractivity contribution < 1.29 is 44.2 Å². The Morgan fingerprint density at radius 2 is 2.12 bits per heavy atom. The van der Waals surface area contributed by atoms with Crippen molar-refractivity contribution >= 4 is 23.3 Å². The SMILES string of the molecule is [C-]#[N+]c1cc(-c2nccc(C(=O)[O-])c2Cl)ccc1OCC(C)C.[Na+]. The van der Waals surface area contributed by atoms with Crippen molar-refractivity contribution in [3.8, 4) is 17.0 Å². The predicted molar refractivity (Wildman–Crippen MR) is 85.6 cm³/mol. The molecule has 2 aromatic rings. The van der Waals surface area contributed by atoms with Crippen LogP contribution in [0.25, 0.3) is 16.1 Å². The summed E-state index contributed by atoms with van der Waals surface area (Å²) in [6, 6.07) is 6.21.